The van der Waals surface area contributed by atoms with E-state index in [0.717, 1.165) is 0 Å². The van der Waals surface area contributed by atoms with Gasteiger partial charge in [-0.05, 0) is 12.1 Å². The van der Waals surface area contributed by atoms with E-state index in [4.69, 9.17) is 30.6 Å². The molecule has 0 spiro atoms. The maximum absolute atomic E-state index is 11.8. The molecule has 6 nitrogen and oxygen atoms in total. The van der Waals surface area contributed by atoms with Crippen LogP contribution in [0, 0.1) is 0 Å². The molecular weight excluding hydrogens is 274 g/mol. The highest BCUT2D eigenvalue weighted by atomic mass is 35.5. The van der Waals surface area contributed by atoms with Crippen molar-refractivity contribution >= 4 is 17.5 Å². The smallest absolute Gasteiger partial charge is 0.275 e. The van der Waals surface area contributed by atoms with Crippen molar-refractivity contribution < 1.29 is 23.8 Å². The number of rotatable bonds is 7. The molecule has 0 heterocycles. The first-order chi connectivity index (χ1) is 9.13. The van der Waals surface area contributed by atoms with Gasteiger partial charge in [-0.3, -0.25) is 9.63 Å². The summed E-state index contributed by atoms with van der Waals surface area (Å²) in [7, 11) is 4.47. The highest BCUT2D eigenvalue weighted by Crippen LogP contribution is 2.35. The average molecular weight is 290 g/mol. The third-order valence-electron chi connectivity index (χ3n) is 2.25. The fraction of sp³-hybridized carbons (Fsp3) is 0.417. The molecule has 0 aromatic heterocycles. The zero-order valence-corrected chi connectivity index (χ0v) is 11.7. The summed E-state index contributed by atoms with van der Waals surface area (Å²) in [6.45, 7) is 0.635. The van der Waals surface area contributed by atoms with Crippen LogP contribution in [0.5, 0.6) is 11.5 Å². The van der Waals surface area contributed by atoms with Crippen LogP contribution in [0.25, 0.3) is 0 Å². The lowest BCUT2D eigenvalue weighted by Crippen LogP contribution is -2.25. The van der Waals surface area contributed by atoms with Crippen LogP contribution >= 0.6 is 11.6 Å². The van der Waals surface area contributed by atoms with Crippen LogP contribution < -0.4 is 15.0 Å². The van der Waals surface area contributed by atoms with Crippen LogP contribution in [-0.2, 0) is 9.57 Å². The maximum atomic E-state index is 11.8. The average Bonchev–Trinajstić information content (AvgIpc) is 2.42. The van der Waals surface area contributed by atoms with Crippen molar-refractivity contribution in [3.63, 3.8) is 0 Å². The van der Waals surface area contributed by atoms with Crippen LogP contribution in [0.3, 0.4) is 0 Å². The Hall–Kier alpha value is -1.50. The Morgan fingerprint density at radius 2 is 1.95 bits per heavy atom. The quantitative estimate of drug-likeness (QED) is 0.611. The summed E-state index contributed by atoms with van der Waals surface area (Å²) < 4.78 is 15.0. The lowest BCUT2D eigenvalue weighted by Gasteiger charge is -2.11. The lowest BCUT2D eigenvalue weighted by molar-refractivity contribution is 0.00887. The number of hydrogen-bond acceptors (Lipinski definition) is 5. The minimum absolute atomic E-state index is 0.253. The molecule has 0 bridgehead atoms. The van der Waals surface area contributed by atoms with Gasteiger partial charge in [0, 0.05) is 12.7 Å². The summed E-state index contributed by atoms with van der Waals surface area (Å²) in [5, 5.41) is 0.281. The second kappa shape index (κ2) is 7.83. The van der Waals surface area contributed by atoms with Gasteiger partial charge in [-0.25, -0.2) is 5.48 Å². The molecular formula is C12H16ClNO5. The Morgan fingerprint density at radius 3 is 2.53 bits per heavy atom. The van der Waals surface area contributed by atoms with E-state index in [9.17, 15) is 4.79 Å². The first-order valence-electron chi connectivity index (χ1n) is 5.46. The van der Waals surface area contributed by atoms with Gasteiger partial charge in [0.2, 0.25) is 0 Å². The molecule has 1 amide bonds. The number of hydroxylamine groups is 1. The van der Waals surface area contributed by atoms with Crippen molar-refractivity contribution in [1.82, 2.24) is 5.48 Å². The molecule has 0 saturated carbocycles. The molecule has 7 heteroatoms. The van der Waals surface area contributed by atoms with E-state index in [1.165, 1.54) is 26.4 Å². The molecule has 0 aliphatic heterocycles. The van der Waals surface area contributed by atoms with Crippen molar-refractivity contribution in [2.45, 2.75) is 0 Å². The number of carbonyl (C=O) groups excluding carboxylic acids is 1. The summed E-state index contributed by atoms with van der Waals surface area (Å²) in [5.74, 6) is 0.317. The number of carbonyl (C=O) groups is 1. The molecule has 0 aliphatic rings. The summed E-state index contributed by atoms with van der Waals surface area (Å²) in [6, 6.07) is 2.98. The number of benzene rings is 1. The molecule has 106 valence electrons. The largest absolute Gasteiger partial charge is 0.493 e. The van der Waals surface area contributed by atoms with E-state index < -0.39 is 5.91 Å². The predicted octanol–water partition coefficient (Wildman–Crippen LogP) is 1.66. The number of hydrogen-bond donors (Lipinski definition) is 1. The van der Waals surface area contributed by atoms with Crippen LogP contribution in [0.1, 0.15) is 10.4 Å². The van der Waals surface area contributed by atoms with Crippen molar-refractivity contribution in [3.8, 4) is 11.5 Å². The fourth-order valence-corrected chi connectivity index (χ4v) is 1.64. The highest BCUT2D eigenvalue weighted by Gasteiger charge is 2.15. The first kappa shape index (κ1) is 15.6. The molecule has 1 aromatic rings. The summed E-state index contributed by atoms with van der Waals surface area (Å²) >= 11 is 6.00. The Morgan fingerprint density at radius 1 is 1.21 bits per heavy atom. The number of halogens is 1. The molecule has 1 N–H and O–H groups in total. The van der Waals surface area contributed by atoms with Gasteiger partial charge in [-0.1, -0.05) is 11.6 Å². The molecule has 19 heavy (non-hydrogen) atoms. The summed E-state index contributed by atoms with van der Waals surface area (Å²) in [4.78, 5) is 16.7. The minimum atomic E-state index is -0.432. The molecule has 1 rings (SSSR count). The predicted molar refractivity (Wildman–Crippen MR) is 69.9 cm³/mol. The molecule has 0 aliphatic carbocycles. The standard InChI is InChI=1S/C12H16ClNO5/c1-16-4-5-19-14-12(15)8-6-9(13)11(18-3)10(7-8)17-2/h6-7H,4-5H2,1-3H3,(H,14,15). The van der Waals surface area contributed by atoms with E-state index in [0.29, 0.717) is 23.7 Å². The molecule has 0 unspecified atom stereocenters. The van der Waals surface area contributed by atoms with E-state index in [1.807, 2.05) is 0 Å². The Kier molecular flexibility index (Phi) is 6.41. The zero-order valence-electron chi connectivity index (χ0n) is 11.0. The molecule has 0 fully saturated rings. The van der Waals surface area contributed by atoms with Crippen molar-refractivity contribution in [3.05, 3.63) is 22.7 Å². The number of ether oxygens (including phenoxy) is 3. The van der Waals surface area contributed by atoms with Crippen molar-refractivity contribution in [1.29, 1.82) is 0 Å². The molecule has 0 atom stereocenters. The molecule has 0 radical (unpaired) electrons. The minimum Gasteiger partial charge on any atom is -0.493 e. The lowest BCUT2D eigenvalue weighted by atomic mass is 10.2. The molecule has 1 aromatic carbocycles. The van der Waals surface area contributed by atoms with Crippen LogP contribution in [0.2, 0.25) is 5.02 Å². The number of nitrogens with one attached hydrogen (secondary N) is 1. The molecule has 0 saturated heterocycles. The van der Waals surface area contributed by atoms with Crippen molar-refractivity contribution in [2.24, 2.45) is 0 Å². The normalized spacial score (nSPS) is 10.1. The number of methoxy groups -OCH3 is 3. The van der Waals surface area contributed by atoms with Crippen LogP contribution in [0.15, 0.2) is 12.1 Å². The third-order valence-corrected chi connectivity index (χ3v) is 2.53. The monoisotopic (exact) mass is 289 g/mol. The second-order valence-electron chi connectivity index (χ2n) is 3.47. The third kappa shape index (κ3) is 4.27. The Bertz CT molecular complexity index is 438. The Balaban J connectivity index is 2.77. The van der Waals surface area contributed by atoms with Gasteiger partial charge in [0.05, 0.1) is 32.5 Å². The maximum Gasteiger partial charge on any atom is 0.275 e. The van der Waals surface area contributed by atoms with Gasteiger partial charge in [-0.2, -0.15) is 0 Å². The van der Waals surface area contributed by atoms with Gasteiger partial charge < -0.3 is 14.2 Å². The van der Waals surface area contributed by atoms with E-state index in [2.05, 4.69) is 5.48 Å². The van der Waals surface area contributed by atoms with Crippen LogP contribution in [0.4, 0.5) is 0 Å². The van der Waals surface area contributed by atoms with Crippen molar-refractivity contribution in [2.75, 3.05) is 34.5 Å². The van der Waals surface area contributed by atoms with Gasteiger partial charge in [0.15, 0.2) is 11.5 Å². The van der Waals surface area contributed by atoms with E-state index >= 15 is 0 Å². The second-order valence-corrected chi connectivity index (χ2v) is 3.87. The first-order valence-corrected chi connectivity index (χ1v) is 5.84. The fourth-order valence-electron chi connectivity index (χ4n) is 1.35. The zero-order chi connectivity index (χ0) is 14.3. The highest BCUT2D eigenvalue weighted by molar-refractivity contribution is 6.32. The summed E-state index contributed by atoms with van der Waals surface area (Å²) in [6.07, 6.45) is 0. The van der Waals surface area contributed by atoms with Gasteiger partial charge in [0.25, 0.3) is 5.91 Å². The number of amides is 1. The SMILES string of the molecule is COCCONC(=O)c1cc(Cl)c(OC)c(OC)c1. The Labute approximate surface area is 116 Å². The van der Waals surface area contributed by atoms with Gasteiger partial charge >= 0.3 is 0 Å². The summed E-state index contributed by atoms with van der Waals surface area (Å²) in [5.41, 5.74) is 2.58. The van der Waals surface area contributed by atoms with Crippen LogP contribution in [-0.4, -0.2) is 40.5 Å². The van der Waals surface area contributed by atoms with E-state index in [1.54, 1.807) is 7.11 Å². The van der Waals surface area contributed by atoms with Gasteiger partial charge in [-0.15, -0.1) is 0 Å². The van der Waals surface area contributed by atoms with Gasteiger partial charge in [0.1, 0.15) is 0 Å². The topological polar surface area (TPSA) is 66.0 Å². The van der Waals surface area contributed by atoms with E-state index in [-0.39, 0.29) is 11.6 Å².